The number of aromatic nitrogens is 1. The first-order chi connectivity index (χ1) is 14.6. The minimum Gasteiger partial charge on any atom is -0.494 e. The Kier molecular flexibility index (Phi) is 5.57. The quantitative estimate of drug-likeness (QED) is 0.604. The second-order valence-corrected chi connectivity index (χ2v) is 7.02. The molecule has 1 aliphatic rings. The van der Waals surface area contributed by atoms with E-state index in [0.717, 1.165) is 22.7 Å². The number of hydrogen-bond acceptors (Lipinski definition) is 5. The lowest BCUT2D eigenvalue weighted by Crippen LogP contribution is -2.32. The molecule has 2 heterocycles. The summed E-state index contributed by atoms with van der Waals surface area (Å²) in [7, 11) is 0. The normalized spacial score (nSPS) is 15.1. The Hall–Kier alpha value is -3.54. The van der Waals surface area contributed by atoms with Crippen LogP contribution in [-0.2, 0) is 0 Å². The van der Waals surface area contributed by atoms with Crippen molar-refractivity contribution in [3.05, 3.63) is 77.6 Å². The third kappa shape index (κ3) is 3.68. The molecule has 0 radical (unpaired) electrons. The number of carbonyl (C=O) groups is 1. The van der Waals surface area contributed by atoms with Gasteiger partial charge in [-0.05, 0) is 57.2 Å². The van der Waals surface area contributed by atoms with E-state index < -0.39 is 6.17 Å². The summed E-state index contributed by atoms with van der Waals surface area (Å²) in [5.41, 5.74) is 3.96. The zero-order valence-corrected chi connectivity index (χ0v) is 17.4. The lowest BCUT2D eigenvalue weighted by atomic mass is 10.2. The van der Waals surface area contributed by atoms with E-state index in [9.17, 15) is 4.79 Å². The van der Waals surface area contributed by atoms with Gasteiger partial charge in [0.15, 0.2) is 6.17 Å². The van der Waals surface area contributed by atoms with Crippen molar-refractivity contribution < 1.29 is 14.3 Å². The molecule has 0 unspecified atom stereocenters. The minimum atomic E-state index is -0.465. The highest BCUT2D eigenvalue weighted by molar-refractivity contribution is 6.11. The fraction of sp³-hybridized carbons (Fsp3) is 0.250. The number of ether oxygens (including phenoxy) is 2. The number of rotatable bonds is 7. The summed E-state index contributed by atoms with van der Waals surface area (Å²) in [6.45, 7) is 7.00. The summed E-state index contributed by atoms with van der Waals surface area (Å²) in [5, 5.41) is 3.48. The summed E-state index contributed by atoms with van der Waals surface area (Å²) in [5.74, 6) is 1.34. The summed E-state index contributed by atoms with van der Waals surface area (Å²) in [6.07, 6.45) is 1.24. The minimum absolute atomic E-state index is 0.0848. The largest absolute Gasteiger partial charge is 0.494 e. The highest BCUT2D eigenvalue weighted by Crippen LogP contribution is 2.39. The Labute approximate surface area is 176 Å². The van der Waals surface area contributed by atoms with Crippen LogP contribution in [0, 0.1) is 6.92 Å². The third-order valence-corrected chi connectivity index (χ3v) is 4.97. The van der Waals surface area contributed by atoms with E-state index in [4.69, 9.17) is 9.47 Å². The molecule has 1 N–H and O–H groups in total. The third-order valence-electron chi connectivity index (χ3n) is 4.97. The number of nitrogens with zero attached hydrogens (tertiary/aromatic N) is 2. The monoisotopic (exact) mass is 403 g/mol. The van der Waals surface area contributed by atoms with Crippen molar-refractivity contribution in [3.63, 3.8) is 0 Å². The van der Waals surface area contributed by atoms with Gasteiger partial charge in [-0.3, -0.25) is 14.7 Å². The molecule has 0 saturated carbocycles. The lowest BCUT2D eigenvalue weighted by molar-refractivity contribution is 0.0993. The number of pyridine rings is 1. The Morgan fingerprint density at radius 3 is 2.53 bits per heavy atom. The van der Waals surface area contributed by atoms with Gasteiger partial charge >= 0.3 is 0 Å². The van der Waals surface area contributed by atoms with Crippen LogP contribution in [0.4, 0.5) is 11.4 Å². The number of amides is 1. The topological polar surface area (TPSA) is 63.7 Å². The predicted molar refractivity (Wildman–Crippen MR) is 117 cm³/mol. The van der Waals surface area contributed by atoms with Gasteiger partial charge in [-0.25, -0.2) is 0 Å². The molecule has 1 aliphatic heterocycles. The molecule has 0 spiro atoms. The van der Waals surface area contributed by atoms with Crippen LogP contribution in [0.2, 0.25) is 0 Å². The Balaban J connectivity index is 1.77. The van der Waals surface area contributed by atoms with E-state index in [1.807, 2.05) is 69.3 Å². The molecule has 4 rings (SSSR count). The molecule has 2 aromatic carbocycles. The summed E-state index contributed by atoms with van der Waals surface area (Å²) in [4.78, 5) is 19.5. The molecular formula is C24H25N3O3. The van der Waals surface area contributed by atoms with Gasteiger partial charge in [0.05, 0.1) is 30.2 Å². The van der Waals surface area contributed by atoms with E-state index in [0.29, 0.717) is 30.2 Å². The van der Waals surface area contributed by atoms with Gasteiger partial charge in [0.2, 0.25) is 0 Å². The van der Waals surface area contributed by atoms with Gasteiger partial charge in [0.1, 0.15) is 11.5 Å². The lowest BCUT2D eigenvalue weighted by Gasteiger charge is -2.27. The van der Waals surface area contributed by atoms with Gasteiger partial charge in [0.25, 0.3) is 5.91 Å². The van der Waals surface area contributed by atoms with Crippen LogP contribution >= 0.6 is 0 Å². The molecular weight excluding hydrogens is 378 g/mol. The molecule has 1 atom stereocenters. The van der Waals surface area contributed by atoms with Crippen LogP contribution in [0.3, 0.4) is 0 Å². The second kappa shape index (κ2) is 8.45. The van der Waals surface area contributed by atoms with Crippen LogP contribution in [0.1, 0.15) is 41.6 Å². The first-order valence-electron chi connectivity index (χ1n) is 10.1. The number of fused-ring (bicyclic) bond motifs is 1. The average molecular weight is 403 g/mol. The van der Waals surface area contributed by atoms with Crippen LogP contribution in [0.5, 0.6) is 11.5 Å². The molecule has 1 amide bonds. The van der Waals surface area contributed by atoms with Crippen molar-refractivity contribution in [1.82, 2.24) is 4.98 Å². The number of aryl methyl sites for hydroxylation is 1. The Morgan fingerprint density at radius 2 is 1.80 bits per heavy atom. The molecule has 0 fully saturated rings. The molecule has 6 nitrogen and oxygen atoms in total. The first-order valence-corrected chi connectivity index (χ1v) is 10.1. The smallest absolute Gasteiger partial charge is 0.262 e. The summed E-state index contributed by atoms with van der Waals surface area (Å²) in [6, 6.07) is 17.2. The SMILES string of the molecule is CCOc1ccc(OCC)c(N[C@H]2c3ncccc3C(=O)N2c2ccc(C)cc2)c1. The van der Waals surface area contributed by atoms with Crippen molar-refractivity contribution in [1.29, 1.82) is 0 Å². The van der Waals surface area contributed by atoms with Gasteiger partial charge in [-0.2, -0.15) is 0 Å². The van der Waals surface area contributed by atoms with Crippen LogP contribution in [0.15, 0.2) is 60.8 Å². The van der Waals surface area contributed by atoms with Gasteiger partial charge < -0.3 is 14.8 Å². The van der Waals surface area contributed by atoms with Crippen molar-refractivity contribution >= 4 is 17.3 Å². The van der Waals surface area contributed by atoms with Crippen LogP contribution < -0.4 is 19.7 Å². The average Bonchev–Trinajstić information content (AvgIpc) is 3.03. The fourth-order valence-corrected chi connectivity index (χ4v) is 3.60. The first kappa shape index (κ1) is 19.8. The molecule has 3 aromatic rings. The van der Waals surface area contributed by atoms with Gasteiger partial charge in [0, 0.05) is 18.0 Å². The number of benzene rings is 2. The zero-order valence-electron chi connectivity index (χ0n) is 17.4. The number of anilines is 2. The number of nitrogens with one attached hydrogen (secondary N) is 1. The summed E-state index contributed by atoms with van der Waals surface area (Å²) < 4.78 is 11.5. The molecule has 30 heavy (non-hydrogen) atoms. The fourth-order valence-electron chi connectivity index (χ4n) is 3.60. The second-order valence-electron chi connectivity index (χ2n) is 7.02. The van der Waals surface area contributed by atoms with Crippen molar-refractivity contribution in [2.75, 3.05) is 23.4 Å². The highest BCUT2D eigenvalue weighted by Gasteiger charge is 2.39. The van der Waals surface area contributed by atoms with Gasteiger partial charge in [-0.15, -0.1) is 0 Å². The van der Waals surface area contributed by atoms with Crippen LogP contribution in [0.25, 0.3) is 0 Å². The van der Waals surface area contributed by atoms with E-state index in [2.05, 4.69) is 10.3 Å². The number of hydrogen-bond donors (Lipinski definition) is 1. The number of carbonyl (C=O) groups excluding carboxylic acids is 1. The van der Waals surface area contributed by atoms with Crippen molar-refractivity contribution in [3.8, 4) is 11.5 Å². The maximum atomic E-state index is 13.3. The van der Waals surface area contributed by atoms with Crippen molar-refractivity contribution in [2.45, 2.75) is 26.9 Å². The standard InChI is InChI=1S/C24H25N3O3/c1-4-29-18-12-13-21(30-5-2)20(15-18)26-23-22-19(7-6-14-25-22)24(28)27(23)17-10-8-16(3)9-11-17/h6-15,23,26H,4-5H2,1-3H3/t23-/m1/s1. The molecule has 0 bridgehead atoms. The van der Waals surface area contributed by atoms with Crippen molar-refractivity contribution in [2.24, 2.45) is 0 Å². The van der Waals surface area contributed by atoms with E-state index in [1.54, 1.807) is 17.2 Å². The van der Waals surface area contributed by atoms with E-state index >= 15 is 0 Å². The Bertz CT molecular complexity index is 1050. The van der Waals surface area contributed by atoms with Crippen LogP contribution in [-0.4, -0.2) is 24.1 Å². The molecule has 0 aliphatic carbocycles. The van der Waals surface area contributed by atoms with E-state index in [-0.39, 0.29) is 5.91 Å². The molecule has 1 aromatic heterocycles. The highest BCUT2D eigenvalue weighted by atomic mass is 16.5. The zero-order chi connectivity index (χ0) is 21.1. The Morgan fingerprint density at radius 1 is 1.03 bits per heavy atom. The molecule has 154 valence electrons. The van der Waals surface area contributed by atoms with Gasteiger partial charge in [-0.1, -0.05) is 17.7 Å². The summed E-state index contributed by atoms with van der Waals surface area (Å²) >= 11 is 0. The molecule has 6 heteroatoms. The molecule has 0 saturated heterocycles. The maximum absolute atomic E-state index is 13.3. The maximum Gasteiger partial charge on any atom is 0.262 e. The van der Waals surface area contributed by atoms with E-state index in [1.165, 1.54) is 0 Å². The predicted octanol–water partition coefficient (Wildman–Crippen LogP) is 4.96.